The van der Waals surface area contributed by atoms with Crippen molar-refractivity contribution in [2.75, 3.05) is 25.4 Å². The Labute approximate surface area is 104 Å². The Bertz CT molecular complexity index is 328. The van der Waals surface area contributed by atoms with Crippen molar-refractivity contribution in [2.45, 2.75) is 32.8 Å². The Balaban J connectivity index is 2.54. The molecule has 1 aromatic rings. The minimum Gasteiger partial charge on any atom is -0.399 e. The predicted molar refractivity (Wildman–Crippen MR) is 72.8 cm³/mol. The highest BCUT2D eigenvalue weighted by atomic mass is 16.3. The molecule has 0 fully saturated rings. The summed E-state index contributed by atoms with van der Waals surface area (Å²) in [6.07, 6.45) is 1.91. The summed E-state index contributed by atoms with van der Waals surface area (Å²) < 4.78 is 0. The fourth-order valence-electron chi connectivity index (χ4n) is 1.88. The van der Waals surface area contributed by atoms with Crippen molar-refractivity contribution in [1.82, 2.24) is 4.90 Å². The molecule has 96 valence electrons. The number of benzene rings is 1. The van der Waals surface area contributed by atoms with Crippen molar-refractivity contribution in [1.29, 1.82) is 0 Å². The molecule has 0 saturated carbocycles. The zero-order valence-electron chi connectivity index (χ0n) is 10.9. The fourth-order valence-corrected chi connectivity index (χ4v) is 1.88. The van der Waals surface area contributed by atoms with Crippen molar-refractivity contribution in [3.63, 3.8) is 0 Å². The van der Waals surface area contributed by atoms with Crippen LogP contribution >= 0.6 is 0 Å². The normalized spacial score (nSPS) is 12.9. The standard InChI is InChI=1S/C14H24N2O/c1-3-5-9-16(4-2)11-14(17)12-7-6-8-13(15)10-12/h6-8,10,14,17H,3-5,9,11,15H2,1-2H3. The van der Waals surface area contributed by atoms with Crippen LogP contribution in [-0.2, 0) is 0 Å². The van der Waals surface area contributed by atoms with Gasteiger partial charge in [0.05, 0.1) is 6.10 Å². The van der Waals surface area contributed by atoms with E-state index in [0.717, 1.165) is 18.7 Å². The molecule has 0 amide bonds. The van der Waals surface area contributed by atoms with E-state index in [9.17, 15) is 5.11 Å². The van der Waals surface area contributed by atoms with Crippen LogP contribution in [0.1, 0.15) is 38.4 Å². The number of hydrogen-bond donors (Lipinski definition) is 2. The molecular weight excluding hydrogens is 212 g/mol. The van der Waals surface area contributed by atoms with Crippen LogP contribution in [0.2, 0.25) is 0 Å². The molecule has 0 heterocycles. The molecule has 3 heteroatoms. The van der Waals surface area contributed by atoms with E-state index in [1.807, 2.05) is 24.3 Å². The first-order chi connectivity index (χ1) is 8.17. The van der Waals surface area contributed by atoms with E-state index in [1.165, 1.54) is 12.8 Å². The summed E-state index contributed by atoms with van der Waals surface area (Å²) in [5, 5.41) is 10.1. The average molecular weight is 236 g/mol. The minimum absolute atomic E-state index is 0.449. The topological polar surface area (TPSA) is 49.5 Å². The molecule has 1 aromatic carbocycles. The molecule has 0 aliphatic heterocycles. The van der Waals surface area contributed by atoms with Gasteiger partial charge in [-0.3, -0.25) is 0 Å². The lowest BCUT2D eigenvalue weighted by Crippen LogP contribution is -2.29. The van der Waals surface area contributed by atoms with Crippen LogP contribution in [0, 0.1) is 0 Å². The van der Waals surface area contributed by atoms with Gasteiger partial charge in [0.25, 0.3) is 0 Å². The Hall–Kier alpha value is -1.06. The van der Waals surface area contributed by atoms with Crippen molar-refractivity contribution in [3.8, 4) is 0 Å². The zero-order valence-corrected chi connectivity index (χ0v) is 10.9. The van der Waals surface area contributed by atoms with Gasteiger partial charge in [0, 0.05) is 12.2 Å². The second kappa shape index (κ2) is 7.30. The van der Waals surface area contributed by atoms with Gasteiger partial charge in [-0.1, -0.05) is 32.4 Å². The van der Waals surface area contributed by atoms with E-state index in [2.05, 4.69) is 18.7 Å². The van der Waals surface area contributed by atoms with Crippen LogP contribution < -0.4 is 5.73 Å². The lowest BCUT2D eigenvalue weighted by molar-refractivity contribution is 0.115. The van der Waals surface area contributed by atoms with E-state index in [-0.39, 0.29) is 0 Å². The molecule has 3 N–H and O–H groups in total. The summed E-state index contributed by atoms with van der Waals surface area (Å²) in [4.78, 5) is 2.28. The Morgan fingerprint density at radius 2 is 2.12 bits per heavy atom. The average Bonchev–Trinajstić information content (AvgIpc) is 2.34. The summed E-state index contributed by atoms with van der Waals surface area (Å²) in [5.41, 5.74) is 7.32. The van der Waals surface area contributed by atoms with Crippen molar-refractivity contribution >= 4 is 5.69 Å². The molecule has 1 unspecified atom stereocenters. The number of nitrogen functional groups attached to an aromatic ring is 1. The summed E-state index contributed by atoms with van der Waals surface area (Å²) in [6.45, 7) is 7.01. The van der Waals surface area contributed by atoms with Crippen molar-refractivity contribution in [3.05, 3.63) is 29.8 Å². The number of aliphatic hydroxyl groups excluding tert-OH is 1. The Morgan fingerprint density at radius 1 is 1.35 bits per heavy atom. The van der Waals surface area contributed by atoms with Gasteiger partial charge in [-0.25, -0.2) is 0 Å². The van der Waals surface area contributed by atoms with Crippen LogP contribution in [0.5, 0.6) is 0 Å². The maximum absolute atomic E-state index is 10.1. The van der Waals surface area contributed by atoms with E-state index in [1.54, 1.807) is 0 Å². The van der Waals surface area contributed by atoms with Crippen LogP contribution in [0.4, 0.5) is 5.69 Å². The zero-order chi connectivity index (χ0) is 12.7. The second-order valence-corrected chi connectivity index (χ2v) is 4.43. The quantitative estimate of drug-likeness (QED) is 0.715. The Morgan fingerprint density at radius 3 is 2.71 bits per heavy atom. The third-order valence-corrected chi connectivity index (χ3v) is 3.00. The van der Waals surface area contributed by atoms with Crippen molar-refractivity contribution in [2.24, 2.45) is 0 Å². The molecule has 0 radical (unpaired) electrons. The second-order valence-electron chi connectivity index (χ2n) is 4.43. The molecule has 0 aliphatic carbocycles. The molecule has 0 aliphatic rings. The highest BCUT2D eigenvalue weighted by Gasteiger charge is 2.12. The number of unbranched alkanes of at least 4 members (excludes halogenated alkanes) is 1. The monoisotopic (exact) mass is 236 g/mol. The van der Waals surface area contributed by atoms with E-state index in [0.29, 0.717) is 12.2 Å². The number of likely N-dealkylation sites (N-methyl/N-ethyl adjacent to an activating group) is 1. The molecule has 1 atom stereocenters. The molecule has 1 rings (SSSR count). The number of anilines is 1. The fraction of sp³-hybridized carbons (Fsp3) is 0.571. The van der Waals surface area contributed by atoms with Gasteiger partial charge in [0.1, 0.15) is 0 Å². The number of nitrogens with two attached hydrogens (primary N) is 1. The number of hydrogen-bond acceptors (Lipinski definition) is 3. The van der Waals surface area contributed by atoms with Gasteiger partial charge in [-0.2, -0.15) is 0 Å². The molecule has 17 heavy (non-hydrogen) atoms. The largest absolute Gasteiger partial charge is 0.399 e. The summed E-state index contributed by atoms with van der Waals surface area (Å²) in [6, 6.07) is 7.49. The Kier molecular flexibility index (Phi) is 6.01. The molecule has 0 saturated heterocycles. The van der Waals surface area contributed by atoms with Gasteiger partial charge in [0.15, 0.2) is 0 Å². The minimum atomic E-state index is -0.449. The maximum Gasteiger partial charge on any atom is 0.0917 e. The number of rotatable bonds is 7. The van der Waals surface area contributed by atoms with Gasteiger partial charge >= 0.3 is 0 Å². The predicted octanol–water partition coefficient (Wildman–Crippen LogP) is 2.42. The first-order valence-electron chi connectivity index (χ1n) is 6.43. The van der Waals surface area contributed by atoms with Crippen LogP contribution in [0.3, 0.4) is 0 Å². The van der Waals surface area contributed by atoms with Crippen LogP contribution in [-0.4, -0.2) is 29.6 Å². The smallest absolute Gasteiger partial charge is 0.0917 e. The summed E-state index contributed by atoms with van der Waals surface area (Å²) in [7, 11) is 0. The van der Waals surface area contributed by atoms with Crippen LogP contribution in [0.25, 0.3) is 0 Å². The van der Waals surface area contributed by atoms with Crippen molar-refractivity contribution < 1.29 is 5.11 Å². The van der Waals surface area contributed by atoms with Gasteiger partial charge in [-0.05, 0) is 37.2 Å². The molecule has 0 bridgehead atoms. The molecule has 0 spiro atoms. The van der Waals surface area contributed by atoms with Gasteiger partial charge in [-0.15, -0.1) is 0 Å². The van der Waals surface area contributed by atoms with E-state index in [4.69, 9.17) is 5.73 Å². The summed E-state index contributed by atoms with van der Waals surface area (Å²) in [5.74, 6) is 0. The highest BCUT2D eigenvalue weighted by molar-refractivity contribution is 5.41. The van der Waals surface area contributed by atoms with E-state index < -0.39 is 6.10 Å². The third-order valence-electron chi connectivity index (χ3n) is 3.00. The van der Waals surface area contributed by atoms with Gasteiger partial charge < -0.3 is 15.7 Å². The van der Waals surface area contributed by atoms with Crippen LogP contribution in [0.15, 0.2) is 24.3 Å². The number of aliphatic hydroxyl groups is 1. The first kappa shape index (κ1) is 14.0. The van der Waals surface area contributed by atoms with E-state index >= 15 is 0 Å². The lowest BCUT2D eigenvalue weighted by Gasteiger charge is -2.23. The third kappa shape index (κ3) is 4.75. The van der Waals surface area contributed by atoms with Gasteiger partial charge in [0.2, 0.25) is 0 Å². The highest BCUT2D eigenvalue weighted by Crippen LogP contribution is 2.17. The lowest BCUT2D eigenvalue weighted by atomic mass is 10.1. The summed E-state index contributed by atoms with van der Waals surface area (Å²) >= 11 is 0. The SMILES string of the molecule is CCCCN(CC)CC(O)c1cccc(N)c1. The first-order valence-corrected chi connectivity index (χ1v) is 6.43. The molecule has 3 nitrogen and oxygen atoms in total. The molecule has 0 aromatic heterocycles. The maximum atomic E-state index is 10.1. The number of nitrogens with zero attached hydrogens (tertiary/aromatic N) is 1. The molecular formula is C14H24N2O.